The Morgan fingerprint density at radius 3 is 2.52 bits per heavy atom. The van der Waals surface area contributed by atoms with E-state index in [0.717, 1.165) is 0 Å². The fourth-order valence-corrected chi connectivity index (χ4v) is 3.01. The number of ether oxygens (including phenoxy) is 1. The van der Waals surface area contributed by atoms with Gasteiger partial charge in [-0.25, -0.2) is 0 Å². The van der Waals surface area contributed by atoms with E-state index in [2.05, 4.69) is 5.32 Å². The number of nitrogens with one attached hydrogen (secondary N) is 1. The second kappa shape index (κ2) is 7.97. The molecule has 2 aromatic carbocycles. The van der Waals surface area contributed by atoms with Crippen LogP contribution in [0, 0.1) is 10.1 Å². The standard InChI is InChI=1S/C21H20N2O4/c1-2-27-21(22-18-10-6-7-11-19(18)23(25)26)14-12-17(13-15-21)20(24)16-8-4-3-5-9-16/h3-14,22H,2,15H2,1H3. The molecule has 0 amide bonds. The zero-order valence-corrected chi connectivity index (χ0v) is 14.9. The van der Waals surface area contributed by atoms with Gasteiger partial charge in [0.2, 0.25) is 0 Å². The largest absolute Gasteiger partial charge is 0.352 e. The number of para-hydroxylation sites is 2. The smallest absolute Gasteiger partial charge is 0.292 e. The zero-order chi connectivity index (χ0) is 19.3. The van der Waals surface area contributed by atoms with Crippen molar-refractivity contribution in [3.8, 4) is 0 Å². The maximum Gasteiger partial charge on any atom is 0.292 e. The molecule has 0 radical (unpaired) electrons. The number of carbonyl (C=O) groups excluding carboxylic acids is 1. The van der Waals surface area contributed by atoms with Crippen LogP contribution < -0.4 is 5.32 Å². The molecule has 1 aliphatic rings. The maximum atomic E-state index is 12.6. The fraction of sp³-hybridized carbons (Fsp3) is 0.190. The summed E-state index contributed by atoms with van der Waals surface area (Å²) < 4.78 is 5.87. The van der Waals surface area contributed by atoms with E-state index in [1.807, 2.05) is 25.1 Å². The topological polar surface area (TPSA) is 81.5 Å². The summed E-state index contributed by atoms with van der Waals surface area (Å²) in [5, 5.41) is 14.4. The molecule has 1 aliphatic carbocycles. The van der Waals surface area contributed by atoms with E-state index in [1.54, 1.807) is 48.6 Å². The minimum Gasteiger partial charge on any atom is -0.352 e. The van der Waals surface area contributed by atoms with Crippen molar-refractivity contribution in [2.24, 2.45) is 0 Å². The van der Waals surface area contributed by atoms with E-state index in [-0.39, 0.29) is 11.5 Å². The Labute approximate surface area is 157 Å². The predicted octanol–water partition coefficient (Wildman–Crippen LogP) is 4.51. The molecule has 0 bridgehead atoms. The van der Waals surface area contributed by atoms with Crippen LogP contribution in [0.1, 0.15) is 23.7 Å². The van der Waals surface area contributed by atoms with Crippen molar-refractivity contribution >= 4 is 17.2 Å². The van der Waals surface area contributed by atoms with Crippen LogP contribution in [0.4, 0.5) is 11.4 Å². The lowest BCUT2D eigenvalue weighted by Gasteiger charge is -2.33. The quantitative estimate of drug-likeness (QED) is 0.338. The van der Waals surface area contributed by atoms with Gasteiger partial charge in [-0.2, -0.15) is 0 Å². The van der Waals surface area contributed by atoms with Gasteiger partial charge in [0.05, 0.1) is 4.92 Å². The number of hydrogen-bond donors (Lipinski definition) is 1. The second-order valence-electron chi connectivity index (χ2n) is 6.11. The summed E-state index contributed by atoms with van der Waals surface area (Å²) in [6.07, 6.45) is 5.63. The third-order valence-electron chi connectivity index (χ3n) is 4.30. The van der Waals surface area contributed by atoms with Gasteiger partial charge in [-0.05, 0) is 19.1 Å². The van der Waals surface area contributed by atoms with E-state index in [0.29, 0.717) is 29.9 Å². The van der Waals surface area contributed by atoms with Gasteiger partial charge < -0.3 is 10.1 Å². The van der Waals surface area contributed by atoms with Gasteiger partial charge in [0.1, 0.15) is 5.69 Å². The van der Waals surface area contributed by atoms with Crippen LogP contribution in [0.5, 0.6) is 0 Å². The second-order valence-corrected chi connectivity index (χ2v) is 6.11. The van der Waals surface area contributed by atoms with Crippen LogP contribution in [0.25, 0.3) is 0 Å². The number of hydrogen-bond acceptors (Lipinski definition) is 5. The van der Waals surface area contributed by atoms with E-state index in [1.165, 1.54) is 6.07 Å². The van der Waals surface area contributed by atoms with Gasteiger partial charge in [-0.1, -0.05) is 54.6 Å². The Bertz CT molecular complexity index is 905. The molecule has 2 aromatic rings. The summed E-state index contributed by atoms with van der Waals surface area (Å²) in [5.74, 6) is -0.0670. The Morgan fingerprint density at radius 2 is 1.89 bits per heavy atom. The molecule has 0 fully saturated rings. The van der Waals surface area contributed by atoms with Crippen molar-refractivity contribution in [3.63, 3.8) is 0 Å². The number of allylic oxidation sites excluding steroid dienone is 2. The van der Waals surface area contributed by atoms with Gasteiger partial charge in [0, 0.05) is 30.2 Å². The first-order valence-corrected chi connectivity index (χ1v) is 8.69. The molecule has 0 saturated carbocycles. The average Bonchev–Trinajstić information content (AvgIpc) is 2.69. The third kappa shape index (κ3) is 4.12. The number of anilines is 1. The summed E-state index contributed by atoms with van der Waals surface area (Å²) in [7, 11) is 0. The van der Waals surface area contributed by atoms with Crippen LogP contribution in [0.2, 0.25) is 0 Å². The summed E-state index contributed by atoms with van der Waals surface area (Å²) in [6.45, 7) is 2.26. The number of carbonyl (C=O) groups is 1. The number of benzene rings is 2. The Hall–Kier alpha value is -3.25. The third-order valence-corrected chi connectivity index (χ3v) is 4.30. The number of Topliss-reactive ketones (excluding diaryl/α,β-unsaturated/α-hetero) is 1. The van der Waals surface area contributed by atoms with E-state index >= 15 is 0 Å². The first kappa shape index (κ1) is 18.5. The Morgan fingerprint density at radius 1 is 1.19 bits per heavy atom. The molecule has 0 spiro atoms. The van der Waals surface area contributed by atoms with Gasteiger partial charge in [0.25, 0.3) is 5.69 Å². The molecule has 6 nitrogen and oxygen atoms in total. The molecule has 1 atom stereocenters. The lowest BCUT2D eigenvalue weighted by molar-refractivity contribution is -0.384. The normalized spacial score (nSPS) is 18.6. The lowest BCUT2D eigenvalue weighted by atomic mass is 9.93. The van der Waals surface area contributed by atoms with Crippen molar-refractivity contribution in [1.29, 1.82) is 0 Å². The molecule has 6 heteroatoms. The van der Waals surface area contributed by atoms with Crippen molar-refractivity contribution < 1.29 is 14.5 Å². The van der Waals surface area contributed by atoms with Gasteiger partial charge in [-0.15, -0.1) is 0 Å². The molecule has 0 heterocycles. The maximum absolute atomic E-state index is 12.6. The Kier molecular flexibility index (Phi) is 5.47. The number of nitro groups is 1. The minimum atomic E-state index is -0.943. The fourth-order valence-electron chi connectivity index (χ4n) is 3.01. The number of nitrogens with zero attached hydrogens (tertiary/aromatic N) is 1. The average molecular weight is 364 g/mol. The highest BCUT2D eigenvalue weighted by Gasteiger charge is 2.32. The monoisotopic (exact) mass is 364 g/mol. The van der Waals surface area contributed by atoms with Crippen molar-refractivity contribution in [1.82, 2.24) is 0 Å². The molecule has 0 aromatic heterocycles. The molecule has 3 rings (SSSR count). The molecule has 1 N–H and O–H groups in total. The SMILES string of the molecule is CCOC1(Nc2ccccc2[N+](=O)[O-])C=CC(C(=O)c2ccccc2)=CC1. The summed E-state index contributed by atoms with van der Waals surface area (Å²) in [4.78, 5) is 23.4. The molecule has 1 unspecified atom stereocenters. The molecule has 27 heavy (non-hydrogen) atoms. The summed E-state index contributed by atoms with van der Waals surface area (Å²) in [6, 6.07) is 15.5. The van der Waals surface area contributed by atoms with E-state index in [4.69, 9.17) is 4.74 Å². The number of rotatable bonds is 7. The summed E-state index contributed by atoms with van der Waals surface area (Å²) >= 11 is 0. The van der Waals surface area contributed by atoms with Crippen molar-refractivity contribution in [2.75, 3.05) is 11.9 Å². The van der Waals surface area contributed by atoms with Crippen LogP contribution in [0.3, 0.4) is 0 Å². The van der Waals surface area contributed by atoms with Crippen molar-refractivity contribution in [2.45, 2.75) is 19.1 Å². The first-order valence-electron chi connectivity index (χ1n) is 8.69. The molecular weight excluding hydrogens is 344 g/mol. The van der Waals surface area contributed by atoms with Crippen LogP contribution >= 0.6 is 0 Å². The van der Waals surface area contributed by atoms with Gasteiger partial charge in [-0.3, -0.25) is 14.9 Å². The highest BCUT2D eigenvalue weighted by molar-refractivity contribution is 6.10. The van der Waals surface area contributed by atoms with Crippen LogP contribution in [0.15, 0.2) is 78.4 Å². The van der Waals surface area contributed by atoms with Gasteiger partial charge >= 0.3 is 0 Å². The molecule has 138 valence electrons. The number of nitro benzene ring substituents is 1. The summed E-state index contributed by atoms with van der Waals surface area (Å²) in [5.41, 5.74) is 0.582. The minimum absolute atomic E-state index is 0.0277. The molecular formula is C21H20N2O4. The lowest BCUT2D eigenvalue weighted by Crippen LogP contribution is -2.40. The number of ketones is 1. The van der Waals surface area contributed by atoms with Gasteiger partial charge in [0.15, 0.2) is 11.5 Å². The predicted molar refractivity (Wildman–Crippen MR) is 104 cm³/mol. The highest BCUT2D eigenvalue weighted by atomic mass is 16.6. The molecule has 0 aliphatic heterocycles. The van der Waals surface area contributed by atoms with Crippen LogP contribution in [-0.4, -0.2) is 23.0 Å². The zero-order valence-electron chi connectivity index (χ0n) is 14.9. The molecule has 0 saturated heterocycles. The Balaban J connectivity index is 1.84. The van der Waals surface area contributed by atoms with Crippen LogP contribution in [-0.2, 0) is 4.74 Å². The van der Waals surface area contributed by atoms with E-state index in [9.17, 15) is 14.9 Å². The van der Waals surface area contributed by atoms with E-state index < -0.39 is 10.6 Å². The highest BCUT2D eigenvalue weighted by Crippen LogP contribution is 2.32. The first-order chi connectivity index (χ1) is 13.0. The van der Waals surface area contributed by atoms with Crippen molar-refractivity contribution in [3.05, 3.63) is 94.1 Å².